The summed E-state index contributed by atoms with van der Waals surface area (Å²) >= 11 is 0. The Hall–Kier alpha value is -3.61. The molecule has 0 unspecified atom stereocenters. The van der Waals surface area contributed by atoms with Crippen LogP contribution in [0.5, 0.6) is 5.75 Å². The van der Waals surface area contributed by atoms with E-state index in [0.717, 1.165) is 5.57 Å². The van der Waals surface area contributed by atoms with Crippen molar-refractivity contribution in [1.29, 1.82) is 0 Å². The van der Waals surface area contributed by atoms with E-state index in [0.29, 0.717) is 17.7 Å². The predicted molar refractivity (Wildman–Crippen MR) is 117 cm³/mol. The number of pyridine rings is 1. The third-order valence-electron chi connectivity index (χ3n) is 4.79. The number of anilines is 1. The first-order valence-electron chi connectivity index (χ1n) is 9.83. The van der Waals surface area contributed by atoms with Crippen LogP contribution in [0.25, 0.3) is 5.57 Å². The molecule has 0 bridgehead atoms. The number of sulfonamides is 1. The lowest BCUT2D eigenvalue weighted by molar-refractivity contribution is -0.136. The van der Waals surface area contributed by atoms with Gasteiger partial charge in [0.2, 0.25) is 15.9 Å². The molecule has 11 nitrogen and oxygen atoms in total. The molecular formula is C21H22N4O7S. The molecule has 4 N–H and O–H groups in total. The van der Waals surface area contributed by atoms with E-state index in [2.05, 4.69) is 15.0 Å². The standard InChI is InChI=1S/C21H22N4O7S/c1-13(26)24-16-2-4-17(5-3-16)33(30,31)25-8-6-14(7-9-25)15-10-18(27)20(23-12-15)21(29)32-19(28)11-22/h2-6,10,12,27H,7-9,11,22H2,1H3,(H,24,26). The molecule has 0 radical (unpaired) electrons. The second-order valence-electron chi connectivity index (χ2n) is 7.11. The third kappa shape index (κ3) is 5.61. The molecule has 0 spiro atoms. The largest absolute Gasteiger partial charge is 0.505 e. The van der Waals surface area contributed by atoms with Gasteiger partial charge in [-0.05, 0) is 47.9 Å². The SMILES string of the molecule is CC(=O)Nc1ccc(S(=O)(=O)N2CC=C(c3cnc(C(=O)OC(=O)CN)c(O)c3)CC2)cc1. The Morgan fingerprint density at radius 2 is 1.94 bits per heavy atom. The lowest BCUT2D eigenvalue weighted by atomic mass is 10.0. The molecule has 1 amide bonds. The molecule has 12 heteroatoms. The zero-order chi connectivity index (χ0) is 24.2. The highest BCUT2D eigenvalue weighted by atomic mass is 32.2. The number of rotatable bonds is 6. The van der Waals surface area contributed by atoms with Crippen LogP contribution >= 0.6 is 0 Å². The maximum Gasteiger partial charge on any atom is 0.368 e. The second-order valence-corrected chi connectivity index (χ2v) is 9.04. The van der Waals surface area contributed by atoms with Crippen LogP contribution in [0, 0.1) is 0 Å². The van der Waals surface area contributed by atoms with Gasteiger partial charge in [-0.15, -0.1) is 0 Å². The van der Waals surface area contributed by atoms with Gasteiger partial charge in [-0.25, -0.2) is 18.2 Å². The molecule has 0 saturated carbocycles. The molecule has 1 aliphatic rings. The zero-order valence-corrected chi connectivity index (χ0v) is 18.5. The number of hydrogen-bond donors (Lipinski definition) is 3. The number of ether oxygens (including phenoxy) is 1. The Balaban J connectivity index is 1.72. The van der Waals surface area contributed by atoms with Gasteiger partial charge >= 0.3 is 11.9 Å². The summed E-state index contributed by atoms with van der Waals surface area (Å²) < 4.78 is 31.6. The van der Waals surface area contributed by atoms with Gasteiger partial charge in [0, 0.05) is 31.9 Å². The predicted octanol–water partition coefficient (Wildman–Crippen LogP) is 0.866. The molecule has 1 aliphatic heterocycles. The summed E-state index contributed by atoms with van der Waals surface area (Å²) in [5.41, 5.74) is 6.39. The first kappa shape index (κ1) is 24.0. The molecule has 3 rings (SSSR count). The first-order valence-corrected chi connectivity index (χ1v) is 11.3. The number of nitrogens with zero attached hydrogens (tertiary/aromatic N) is 2. The monoisotopic (exact) mass is 474 g/mol. The van der Waals surface area contributed by atoms with Crippen molar-refractivity contribution in [2.45, 2.75) is 18.2 Å². The molecule has 0 fully saturated rings. The number of amides is 1. The average molecular weight is 474 g/mol. The smallest absolute Gasteiger partial charge is 0.368 e. The Kier molecular flexibility index (Phi) is 7.21. The van der Waals surface area contributed by atoms with Crippen molar-refractivity contribution in [2.24, 2.45) is 5.73 Å². The van der Waals surface area contributed by atoms with Crippen LogP contribution in [0.4, 0.5) is 5.69 Å². The van der Waals surface area contributed by atoms with Gasteiger partial charge < -0.3 is 20.9 Å². The normalized spacial score (nSPS) is 14.3. The summed E-state index contributed by atoms with van der Waals surface area (Å²) in [5.74, 6) is -2.80. The Morgan fingerprint density at radius 1 is 1.24 bits per heavy atom. The fourth-order valence-electron chi connectivity index (χ4n) is 3.17. The summed E-state index contributed by atoms with van der Waals surface area (Å²) in [6.45, 7) is 1.16. The lowest BCUT2D eigenvalue weighted by Crippen LogP contribution is -2.34. The van der Waals surface area contributed by atoms with Gasteiger partial charge in [0.15, 0.2) is 5.69 Å². The summed E-state index contributed by atoms with van der Waals surface area (Å²) in [4.78, 5) is 38.1. The number of carbonyl (C=O) groups excluding carboxylic acids is 3. The zero-order valence-electron chi connectivity index (χ0n) is 17.6. The number of aromatic hydroxyl groups is 1. The first-order chi connectivity index (χ1) is 15.6. The van der Waals surface area contributed by atoms with Crippen LogP contribution < -0.4 is 11.1 Å². The van der Waals surface area contributed by atoms with Crippen molar-refractivity contribution in [3.05, 3.63) is 53.9 Å². The summed E-state index contributed by atoms with van der Waals surface area (Å²) in [7, 11) is -3.75. The quantitative estimate of drug-likeness (QED) is 0.406. The minimum Gasteiger partial charge on any atom is -0.505 e. The van der Waals surface area contributed by atoms with Crippen molar-refractivity contribution in [2.75, 3.05) is 25.0 Å². The molecule has 1 aromatic heterocycles. The lowest BCUT2D eigenvalue weighted by Gasteiger charge is -2.26. The van der Waals surface area contributed by atoms with Gasteiger partial charge in [-0.1, -0.05) is 6.08 Å². The molecule has 0 aliphatic carbocycles. The van der Waals surface area contributed by atoms with Gasteiger partial charge in [0.1, 0.15) is 5.75 Å². The van der Waals surface area contributed by atoms with Crippen LogP contribution in [0.1, 0.15) is 29.4 Å². The number of carbonyl (C=O) groups is 3. The molecule has 33 heavy (non-hydrogen) atoms. The Labute approximate surface area is 189 Å². The van der Waals surface area contributed by atoms with Crippen LogP contribution in [0.3, 0.4) is 0 Å². The minimum atomic E-state index is -3.75. The Bertz CT molecular complexity index is 1220. The van der Waals surface area contributed by atoms with E-state index >= 15 is 0 Å². The van der Waals surface area contributed by atoms with Crippen molar-refractivity contribution >= 4 is 39.1 Å². The number of esters is 2. The van der Waals surface area contributed by atoms with Gasteiger partial charge in [-0.3, -0.25) is 9.59 Å². The summed E-state index contributed by atoms with van der Waals surface area (Å²) in [6.07, 6.45) is 3.37. The van der Waals surface area contributed by atoms with Crippen molar-refractivity contribution < 1.29 is 32.6 Å². The molecule has 1 aromatic carbocycles. The molecule has 0 atom stereocenters. The van der Waals surface area contributed by atoms with Crippen molar-refractivity contribution in [3.8, 4) is 5.75 Å². The molecular weight excluding hydrogens is 452 g/mol. The van der Waals surface area contributed by atoms with Crippen LogP contribution in [-0.4, -0.2) is 60.3 Å². The van der Waals surface area contributed by atoms with E-state index in [9.17, 15) is 27.9 Å². The number of aromatic nitrogens is 1. The van der Waals surface area contributed by atoms with E-state index in [1.165, 1.54) is 47.8 Å². The average Bonchev–Trinajstić information content (AvgIpc) is 2.78. The summed E-state index contributed by atoms with van der Waals surface area (Å²) in [5, 5.41) is 12.7. The van der Waals surface area contributed by atoms with Crippen LogP contribution in [0.2, 0.25) is 0 Å². The topological polar surface area (TPSA) is 169 Å². The number of nitrogens with two attached hydrogens (primary N) is 1. The van der Waals surface area contributed by atoms with Gasteiger partial charge in [-0.2, -0.15) is 4.31 Å². The van der Waals surface area contributed by atoms with E-state index in [4.69, 9.17) is 5.73 Å². The number of hydrogen-bond acceptors (Lipinski definition) is 9. The maximum absolute atomic E-state index is 12.9. The van der Waals surface area contributed by atoms with Crippen LogP contribution in [0.15, 0.2) is 47.5 Å². The second kappa shape index (κ2) is 9.90. The van der Waals surface area contributed by atoms with Crippen molar-refractivity contribution in [3.63, 3.8) is 0 Å². The minimum absolute atomic E-state index is 0.0979. The Morgan fingerprint density at radius 3 is 2.48 bits per heavy atom. The highest BCUT2D eigenvalue weighted by Gasteiger charge is 2.27. The third-order valence-corrected chi connectivity index (χ3v) is 6.67. The number of benzene rings is 1. The van der Waals surface area contributed by atoms with Gasteiger partial charge in [0.25, 0.3) is 0 Å². The highest BCUT2D eigenvalue weighted by molar-refractivity contribution is 7.89. The van der Waals surface area contributed by atoms with E-state index in [-0.39, 0.29) is 23.9 Å². The van der Waals surface area contributed by atoms with Gasteiger partial charge in [0.05, 0.1) is 11.4 Å². The van der Waals surface area contributed by atoms with E-state index < -0.39 is 40.0 Å². The fourth-order valence-corrected chi connectivity index (χ4v) is 4.55. The van der Waals surface area contributed by atoms with Crippen molar-refractivity contribution in [1.82, 2.24) is 9.29 Å². The molecule has 2 heterocycles. The molecule has 174 valence electrons. The molecule has 2 aromatic rings. The van der Waals surface area contributed by atoms with E-state index in [1.807, 2.05) is 0 Å². The fraction of sp³-hybridized carbons (Fsp3) is 0.238. The maximum atomic E-state index is 12.9. The molecule has 0 saturated heterocycles. The van der Waals surface area contributed by atoms with Crippen LogP contribution in [-0.2, 0) is 24.3 Å². The van der Waals surface area contributed by atoms with E-state index in [1.54, 1.807) is 6.08 Å². The highest BCUT2D eigenvalue weighted by Crippen LogP contribution is 2.29. The summed E-state index contributed by atoms with van der Waals surface area (Å²) in [6, 6.07) is 7.18. The number of nitrogens with one attached hydrogen (secondary N) is 1.